The van der Waals surface area contributed by atoms with Crippen molar-refractivity contribution in [3.63, 3.8) is 0 Å². The van der Waals surface area contributed by atoms with Crippen molar-refractivity contribution in [3.05, 3.63) is 66.0 Å². The Morgan fingerprint density at radius 3 is 2.90 bits per heavy atom. The highest BCUT2D eigenvalue weighted by Gasteiger charge is 2.33. The second-order valence-corrected chi connectivity index (χ2v) is 12.2. The van der Waals surface area contributed by atoms with E-state index in [1.165, 1.54) is 34.9 Å². The third-order valence-corrected chi connectivity index (χ3v) is 9.78. The quantitative estimate of drug-likeness (QED) is 0.296. The molecular weight excluding hydrogens is 532 g/mol. The zero-order chi connectivity index (χ0) is 28.3. The van der Waals surface area contributed by atoms with Gasteiger partial charge < -0.3 is 24.3 Å². The monoisotopic (exact) mass is 568 g/mol. The Kier molecular flexibility index (Phi) is 8.13. The largest absolute Gasteiger partial charge is 0.462 e. The van der Waals surface area contributed by atoms with Gasteiger partial charge in [-0.2, -0.15) is 9.97 Å². The highest BCUT2D eigenvalue weighted by atomic mass is 32.2. The molecule has 1 aromatic heterocycles. The lowest BCUT2D eigenvalue weighted by Crippen LogP contribution is -2.56. The van der Waals surface area contributed by atoms with Gasteiger partial charge >= 0.3 is 6.01 Å². The summed E-state index contributed by atoms with van der Waals surface area (Å²) >= 11 is 1.94. The molecule has 2 atom stereocenters. The average molecular weight is 569 g/mol. The van der Waals surface area contributed by atoms with E-state index in [-0.39, 0.29) is 18.5 Å². The van der Waals surface area contributed by atoms with Gasteiger partial charge in [0.2, 0.25) is 12.5 Å². The molecule has 2 aromatic carbocycles. The normalized spacial score (nSPS) is 21.0. The van der Waals surface area contributed by atoms with Crippen LogP contribution in [-0.2, 0) is 11.2 Å². The van der Waals surface area contributed by atoms with E-state index in [1.807, 2.05) is 11.8 Å². The van der Waals surface area contributed by atoms with Gasteiger partial charge in [0.25, 0.3) is 0 Å². The molecule has 0 aliphatic carbocycles. The summed E-state index contributed by atoms with van der Waals surface area (Å²) in [6.07, 6.45) is 5.95. The summed E-state index contributed by atoms with van der Waals surface area (Å²) < 4.78 is 6.27. The van der Waals surface area contributed by atoms with Crippen molar-refractivity contribution in [3.8, 4) is 17.1 Å². The molecule has 0 N–H and O–H groups in total. The average Bonchev–Trinajstić information content (AvgIpc) is 3.43. The molecule has 212 valence electrons. The number of anilines is 1. The van der Waals surface area contributed by atoms with E-state index in [2.05, 4.69) is 64.7 Å². The van der Waals surface area contributed by atoms with Crippen LogP contribution in [0.4, 0.5) is 5.82 Å². The second-order valence-electron chi connectivity index (χ2n) is 11.1. The summed E-state index contributed by atoms with van der Waals surface area (Å²) in [6.45, 7) is 14.6. The zero-order valence-electron chi connectivity index (χ0n) is 23.6. The molecule has 1 amide bonds. The Bertz CT molecular complexity index is 1500. The minimum absolute atomic E-state index is 0.135. The maximum Gasteiger partial charge on any atom is 0.319 e. The number of hydrogen-bond acceptors (Lipinski definition) is 7. The predicted octanol–water partition coefficient (Wildman–Crippen LogP) is 4.93. The summed E-state index contributed by atoms with van der Waals surface area (Å²) in [5.74, 6) is 1.80. The van der Waals surface area contributed by atoms with Crippen molar-refractivity contribution in [2.75, 3.05) is 57.0 Å². The number of fused-ring (bicyclic) bond motifs is 2. The number of rotatable bonds is 7. The van der Waals surface area contributed by atoms with Gasteiger partial charge in [0, 0.05) is 36.0 Å². The van der Waals surface area contributed by atoms with Crippen LogP contribution < -0.4 is 9.64 Å². The molecule has 0 unspecified atom stereocenters. The molecule has 41 heavy (non-hydrogen) atoms. The molecule has 2 fully saturated rings. The summed E-state index contributed by atoms with van der Waals surface area (Å²) in [6, 6.07) is 13.6. The number of benzene rings is 2. The predicted molar refractivity (Wildman–Crippen MR) is 165 cm³/mol. The number of aromatic nitrogens is 2. The molecule has 9 heteroatoms. The molecule has 0 radical (unpaired) electrons. The Balaban J connectivity index is 1.38. The Morgan fingerprint density at radius 2 is 2.10 bits per heavy atom. The highest BCUT2D eigenvalue weighted by Crippen LogP contribution is 2.40. The number of carbonyl (C=O) groups excluding carboxylic acids is 1. The van der Waals surface area contributed by atoms with E-state index in [9.17, 15) is 4.79 Å². The van der Waals surface area contributed by atoms with Crippen molar-refractivity contribution in [2.45, 2.75) is 42.7 Å². The molecule has 0 bridgehead atoms. The molecule has 0 spiro atoms. The smallest absolute Gasteiger partial charge is 0.319 e. The van der Waals surface area contributed by atoms with E-state index < -0.39 is 0 Å². The first kappa shape index (κ1) is 27.6. The van der Waals surface area contributed by atoms with E-state index in [0.717, 1.165) is 47.4 Å². The SMILES string of the molecule is [C-]#[N+]C[C@H]1CN(c2nc(OC[C@@H]3CCCN3C)nc3cc(-c4cccc5c4SCCC5)ccc23)CCN1C(=O)C=C. The lowest BCUT2D eigenvalue weighted by atomic mass is 9.99. The van der Waals surface area contributed by atoms with Crippen LogP contribution in [0.1, 0.15) is 24.8 Å². The fourth-order valence-electron chi connectivity index (χ4n) is 6.26. The van der Waals surface area contributed by atoms with Gasteiger partial charge in [-0.3, -0.25) is 4.79 Å². The lowest BCUT2D eigenvalue weighted by Gasteiger charge is -2.39. The molecule has 8 nitrogen and oxygen atoms in total. The van der Waals surface area contributed by atoms with Crippen LogP contribution in [0.25, 0.3) is 26.9 Å². The van der Waals surface area contributed by atoms with E-state index >= 15 is 0 Å². The Labute approximate surface area is 246 Å². The topological polar surface area (TPSA) is 66.2 Å². The van der Waals surface area contributed by atoms with E-state index in [1.54, 1.807) is 4.90 Å². The number of carbonyl (C=O) groups is 1. The first-order valence-electron chi connectivity index (χ1n) is 14.5. The summed E-state index contributed by atoms with van der Waals surface area (Å²) in [5.41, 5.74) is 4.65. The number of piperazine rings is 1. The first-order valence-corrected chi connectivity index (χ1v) is 15.5. The minimum atomic E-state index is -0.236. The van der Waals surface area contributed by atoms with Gasteiger partial charge in [-0.15, -0.1) is 11.8 Å². The maximum atomic E-state index is 12.5. The van der Waals surface area contributed by atoms with Gasteiger partial charge in [0.15, 0.2) is 0 Å². The lowest BCUT2D eigenvalue weighted by molar-refractivity contribution is -0.128. The molecular formula is C32H36N6O2S. The van der Waals surface area contributed by atoms with Gasteiger partial charge in [-0.1, -0.05) is 30.8 Å². The Hall–Kier alpha value is -3.61. The summed E-state index contributed by atoms with van der Waals surface area (Å²) in [5, 5.41) is 0.946. The highest BCUT2D eigenvalue weighted by molar-refractivity contribution is 7.99. The van der Waals surface area contributed by atoms with Crippen molar-refractivity contribution in [2.24, 2.45) is 0 Å². The first-order chi connectivity index (χ1) is 20.1. The summed E-state index contributed by atoms with van der Waals surface area (Å²) in [4.78, 5) is 33.6. The van der Waals surface area contributed by atoms with Crippen LogP contribution in [0, 0.1) is 6.57 Å². The number of ether oxygens (including phenoxy) is 1. The molecule has 2 saturated heterocycles. The van der Waals surface area contributed by atoms with Gasteiger partial charge in [-0.05, 0) is 79.9 Å². The van der Waals surface area contributed by atoms with Crippen LogP contribution in [0.2, 0.25) is 0 Å². The Morgan fingerprint density at radius 1 is 1.20 bits per heavy atom. The molecule has 3 aliphatic heterocycles. The van der Waals surface area contributed by atoms with Crippen LogP contribution in [-0.4, -0.2) is 89.9 Å². The second kappa shape index (κ2) is 12.1. The molecule has 4 heterocycles. The van der Waals surface area contributed by atoms with Crippen molar-refractivity contribution >= 4 is 34.4 Å². The molecule has 3 aliphatic rings. The molecule has 3 aromatic rings. The number of thioether (sulfide) groups is 1. The van der Waals surface area contributed by atoms with Crippen LogP contribution in [0.3, 0.4) is 0 Å². The number of amides is 1. The fraction of sp³-hybridized carbons (Fsp3) is 0.438. The van der Waals surface area contributed by atoms with Gasteiger partial charge in [0.05, 0.1) is 5.52 Å². The minimum Gasteiger partial charge on any atom is -0.462 e. The number of likely N-dealkylation sites (N-methyl/N-ethyl adjacent to an activating group) is 1. The number of likely N-dealkylation sites (tertiary alicyclic amines) is 1. The van der Waals surface area contributed by atoms with E-state index in [0.29, 0.717) is 38.3 Å². The van der Waals surface area contributed by atoms with Gasteiger partial charge in [-0.25, -0.2) is 6.57 Å². The molecule has 6 rings (SSSR count). The van der Waals surface area contributed by atoms with Crippen molar-refractivity contribution in [1.82, 2.24) is 19.8 Å². The zero-order valence-corrected chi connectivity index (χ0v) is 24.4. The summed E-state index contributed by atoms with van der Waals surface area (Å²) in [7, 11) is 2.14. The third kappa shape index (κ3) is 5.64. The van der Waals surface area contributed by atoms with Crippen molar-refractivity contribution < 1.29 is 9.53 Å². The third-order valence-electron chi connectivity index (χ3n) is 8.52. The number of aryl methyl sites for hydroxylation is 1. The number of hydrogen-bond donors (Lipinski definition) is 0. The maximum absolute atomic E-state index is 12.5. The van der Waals surface area contributed by atoms with Crippen molar-refractivity contribution in [1.29, 1.82) is 0 Å². The van der Waals surface area contributed by atoms with Gasteiger partial charge in [0.1, 0.15) is 18.5 Å². The number of nitrogens with zero attached hydrogens (tertiary/aromatic N) is 6. The van der Waals surface area contributed by atoms with Crippen LogP contribution in [0.15, 0.2) is 53.9 Å². The standard InChI is InChI=1S/C32H36N6O2S/c1-4-29(39)38-16-15-37(20-25(38)19-33-2)31-27-13-12-23(26-11-5-8-22-9-7-17-41-30(22)26)18-28(27)34-32(35-31)40-21-24-10-6-14-36(24)3/h4-5,8,11-13,18,24-25H,1,6-7,9-10,14-17,19-21H2,3H3/t24-,25-/m0/s1. The van der Waals surface area contributed by atoms with Crippen LogP contribution in [0.5, 0.6) is 6.01 Å². The molecule has 0 saturated carbocycles. The fourth-order valence-corrected chi connectivity index (χ4v) is 7.45. The van der Waals surface area contributed by atoms with E-state index in [4.69, 9.17) is 21.3 Å². The van der Waals surface area contributed by atoms with Crippen LogP contribution >= 0.6 is 11.8 Å².